The van der Waals surface area contributed by atoms with Crippen LogP contribution in [0, 0.1) is 0 Å². The molecule has 2 aromatic heterocycles. The molecule has 0 aliphatic carbocycles. The van der Waals surface area contributed by atoms with Crippen LogP contribution in [0.15, 0.2) is 53.1 Å². The molecule has 1 aromatic carbocycles. The van der Waals surface area contributed by atoms with Gasteiger partial charge in [0.25, 0.3) is 5.91 Å². The first-order valence-corrected chi connectivity index (χ1v) is 10.6. The van der Waals surface area contributed by atoms with Crippen molar-refractivity contribution in [3.63, 3.8) is 0 Å². The van der Waals surface area contributed by atoms with Crippen LogP contribution >= 0.6 is 0 Å². The van der Waals surface area contributed by atoms with Gasteiger partial charge < -0.3 is 9.32 Å². The van der Waals surface area contributed by atoms with E-state index in [4.69, 9.17) is 4.42 Å². The smallest absolute Gasteiger partial charge is 0.290 e. The average Bonchev–Trinajstić information content (AvgIpc) is 3.40. The van der Waals surface area contributed by atoms with Gasteiger partial charge in [-0.2, -0.15) is 5.10 Å². The van der Waals surface area contributed by atoms with E-state index in [-0.39, 0.29) is 18.2 Å². The van der Waals surface area contributed by atoms with Gasteiger partial charge in [-0.3, -0.25) is 9.89 Å². The molecular weight excluding hydrogens is 382 g/mol. The topological polar surface area (TPSA) is 121 Å². The Kier molecular flexibility index (Phi) is 4.73. The number of likely N-dealkylation sites (tertiary alicyclic amines) is 1. The van der Waals surface area contributed by atoms with Gasteiger partial charge in [-0.05, 0) is 18.6 Å². The average molecular weight is 401 g/mol. The molecule has 28 heavy (non-hydrogen) atoms. The number of hydrogen-bond acceptors (Lipinski definition) is 6. The Morgan fingerprint density at radius 3 is 2.71 bits per heavy atom. The third-order valence-electron chi connectivity index (χ3n) is 4.52. The number of carbonyl (C=O) groups is 1. The van der Waals surface area contributed by atoms with E-state index >= 15 is 0 Å². The number of sulfonamides is 1. The number of amides is 1. The monoisotopic (exact) mass is 401 g/mol. The summed E-state index contributed by atoms with van der Waals surface area (Å²) in [6, 6.07) is 11.8. The number of nitrogens with zero attached hydrogens (tertiary/aromatic N) is 3. The highest BCUT2D eigenvalue weighted by molar-refractivity contribution is 7.88. The molecule has 1 amide bonds. The first-order valence-electron chi connectivity index (χ1n) is 8.70. The van der Waals surface area contributed by atoms with Crippen molar-refractivity contribution in [3.05, 3.63) is 60.3 Å². The van der Waals surface area contributed by atoms with E-state index < -0.39 is 22.1 Å². The Labute approximate surface area is 161 Å². The summed E-state index contributed by atoms with van der Waals surface area (Å²) in [6.07, 6.45) is 2.90. The summed E-state index contributed by atoms with van der Waals surface area (Å²) in [6.45, 7) is 0.207. The highest BCUT2D eigenvalue weighted by Gasteiger charge is 2.40. The number of carbonyl (C=O) groups excluding carboxylic acids is 1. The molecule has 2 atom stereocenters. The fourth-order valence-corrected chi connectivity index (χ4v) is 4.17. The third kappa shape index (κ3) is 3.82. The predicted molar refractivity (Wildman–Crippen MR) is 101 cm³/mol. The molecule has 1 saturated heterocycles. The lowest BCUT2D eigenvalue weighted by molar-refractivity contribution is 0.0696. The molecule has 0 bridgehead atoms. The van der Waals surface area contributed by atoms with E-state index in [0.717, 1.165) is 11.8 Å². The van der Waals surface area contributed by atoms with Crippen LogP contribution in [0.5, 0.6) is 0 Å². The Hall–Kier alpha value is -2.98. The molecule has 4 rings (SSSR count). The molecule has 9 nitrogen and oxygen atoms in total. The summed E-state index contributed by atoms with van der Waals surface area (Å²) in [5, 5.41) is 7.15. The lowest BCUT2D eigenvalue weighted by Gasteiger charge is -2.21. The molecule has 0 radical (unpaired) electrons. The maximum atomic E-state index is 12.9. The molecule has 3 heterocycles. The van der Waals surface area contributed by atoms with Crippen LogP contribution in [0.25, 0.3) is 11.4 Å². The predicted octanol–water partition coefficient (Wildman–Crippen LogP) is 1.57. The summed E-state index contributed by atoms with van der Waals surface area (Å²) < 4.78 is 31.1. The Balaban J connectivity index is 1.64. The van der Waals surface area contributed by atoms with Gasteiger partial charge in [-0.15, -0.1) is 0 Å². The van der Waals surface area contributed by atoms with Crippen molar-refractivity contribution in [2.24, 2.45) is 0 Å². The molecule has 0 saturated carbocycles. The highest BCUT2D eigenvalue weighted by atomic mass is 32.2. The largest absolute Gasteiger partial charge is 0.459 e. The summed E-state index contributed by atoms with van der Waals surface area (Å²) in [5.41, 5.74) is 0.845. The van der Waals surface area contributed by atoms with Gasteiger partial charge in [0.2, 0.25) is 10.0 Å². The van der Waals surface area contributed by atoms with Crippen LogP contribution in [0.2, 0.25) is 0 Å². The molecule has 10 heteroatoms. The lowest BCUT2D eigenvalue weighted by Crippen LogP contribution is -2.38. The summed E-state index contributed by atoms with van der Waals surface area (Å²) in [5.74, 6) is 0.871. The maximum absolute atomic E-state index is 12.9. The molecule has 0 unspecified atom stereocenters. The maximum Gasteiger partial charge on any atom is 0.290 e. The van der Waals surface area contributed by atoms with Crippen molar-refractivity contribution >= 4 is 15.9 Å². The molecule has 0 spiro atoms. The first-order chi connectivity index (χ1) is 13.4. The highest BCUT2D eigenvalue weighted by Crippen LogP contribution is 2.32. The SMILES string of the molecule is CS(=O)(=O)N[C@H]1C[C@@H](c2nc(-c3ccccc3)n[nH]2)N(C(=O)c2ccco2)C1. The Morgan fingerprint density at radius 2 is 2.04 bits per heavy atom. The van der Waals surface area contributed by atoms with Gasteiger partial charge in [0.1, 0.15) is 5.82 Å². The summed E-state index contributed by atoms with van der Waals surface area (Å²) in [7, 11) is -3.41. The van der Waals surface area contributed by atoms with Crippen LogP contribution in [0.4, 0.5) is 0 Å². The van der Waals surface area contributed by atoms with Gasteiger partial charge in [0, 0.05) is 18.2 Å². The summed E-state index contributed by atoms with van der Waals surface area (Å²) >= 11 is 0. The standard InChI is InChI=1S/C18H19N5O4S/c1-28(25,26)22-13-10-14(23(11-13)18(24)15-8-5-9-27-15)17-19-16(20-21-17)12-6-3-2-4-7-12/h2-9,13-14,22H,10-11H2,1H3,(H,19,20,21)/t13-,14-/m0/s1. The number of benzene rings is 1. The lowest BCUT2D eigenvalue weighted by atomic mass is 10.1. The Bertz CT molecular complexity index is 1060. The zero-order chi connectivity index (χ0) is 19.7. The zero-order valence-corrected chi connectivity index (χ0v) is 15.9. The first kappa shape index (κ1) is 18.4. The van der Waals surface area contributed by atoms with Crippen LogP contribution in [-0.4, -0.2) is 53.2 Å². The summed E-state index contributed by atoms with van der Waals surface area (Å²) in [4.78, 5) is 19.0. The van der Waals surface area contributed by atoms with Crippen molar-refractivity contribution < 1.29 is 17.6 Å². The quantitative estimate of drug-likeness (QED) is 0.669. The number of rotatable bonds is 5. The van der Waals surface area contributed by atoms with Crippen LogP contribution in [-0.2, 0) is 10.0 Å². The molecule has 3 aromatic rings. The number of aromatic nitrogens is 3. The minimum atomic E-state index is -3.41. The number of H-pyrrole nitrogens is 1. The molecule has 1 aliphatic rings. The number of nitrogens with one attached hydrogen (secondary N) is 2. The van der Waals surface area contributed by atoms with Gasteiger partial charge in [0.15, 0.2) is 11.6 Å². The third-order valence-corrected chi connectivity index (χ3v) is 5.29. The second-order valence-corrected chi connectivity index (χ2v) is 8.46. The van der Waals surface area contributed by atoms with Crippen LogP contribution in [0.1, 0.15) is 28.8 Å². The fraction of sp³-hybridized carbons (Fsp3) is 0.278. The van der Waals surface area contributed by atoms with E-state index in [9.17, 15) is 13.2 Å². The van der Waals surface area contributed by atoms with Crippen molar-refractivity contribution in [1.29, 1.82) is 0 Å². The van der Waals surface area contributed by atoms with E-state index in [1.54, 1.807) is 17.0 Å². The van der Waals surface area contributed by atoms with Crippen LogP contribution < -0.4 is 4.72 Å². The second-order valence-electron chi connectivity index (χ2n) is 6.68. The van der Waals surface area contributed by atoms with Crippen molar-refractivity contribution in [2.45, 2.75) is 18.5 Å². The van der Waals surface area contributed by atoms with Gasteiger partial charge >= 0.3 is 0 Å². The molecule has 1 aliphatic heterocycles. The van der Waals surface area contributed by atoms with Gasteiger partial charge in [-0.1, -0.05) is 30.3 Å². The number of furan rings is 1. The van der Waals surface area contributed by atoms with Crippen molar-refractivity contribution in [3.8, 4) is 11.4 Å². The molecule has 2 N–H and O–H groups in total. The van der Waals surface area contributed by atoms with E-state index in [1.807, 2.05) is 30.3 Å². The molecule has 146 valence electrons. The van der Waals surface area contributed by atoms with Crippen LogP contribution in [0.3, 0.4) is 0 Å². The van der Waals surface area contributed by atoms with E-state index in [0.29, 0.717) is 18.1 Å². The van der Waals surface area contributed by atoms with E-state index in [1.165, 1.54) is 6.26 Å². The van der Waals surface area contributed by atoms with E-state index in [2.05, 4.69) is 19.9 Å². The molecule has 1 fully saturated rings. The zero-order valence-electron chi connectivity index (χ0n) is 15.1. The Morgan fingerprint density at radius 1 is 1.25 bits per heavy atom. The van der Waals surface area contributed by atoms with Gasteiger partial charge in [-0.25, -0.2) is 18.1 Å². The minimum absolute atomic E-state index is 0.188. The van der Waals surface area contributed by atoms with Crippen molar-refractivity contribution in [2.75, 3.05) is 12.8 Å². The number of aromatic amines is 1. The normalized spacial score (nSPS) is 19.8. The van der Waals surface area contributed by atoms with Crippen molar-refractivity contribution in [1.82, 2.24) is 24.8 Å². The minimum Gasteiger partial charge on any atom is -0.459 e. The molecular formula is C18H19N5O4S. The fourth-order valence-electron chi connectivity index (χ4n) is 3.39. The number of hydrogen-bond donors (Lipinski definition) is 2. The van der Waals surface area contributed by atoms with Gasteiger partial charge in [0.05, 0.1) is 18.6 Å². The second kappa shape index (κ2) is 7.21.